The van der Waals surface area contributed by atoms with Crippen LogP contribution >= 0.6 is 0 Å². The molecule has 2 aromatic rings. The van der Waals surface area contributed by atoms with E-state index in [0.29, 0.717) is 24.4 Å². The van der Waals surface area contributed by atoms with Gasteiger partial charge in [-0.25, -0.2) is 0 Å². The Kier molecular flexibility index (Phi) is 4.97. The van der Waals surface area contributed by atoms with Crippen LogP contribution in [0, 0.1) is 0 Å². The van der Waals surface area contributed by atoms with Crippen LogP contribution in [-0.4, -0.2) is 29.5 Å². The number of hydrogen-bond donors (Lipinski definition) is 1. The maximum Gasteiger partial charge on any atom is 0.247 e. The van der Waals surface area contributed by atoms with Gasteiger partial charge in [0, 0.05) is 12.2 Å². The zero-order valence-electron chi connectivity index (χ0n) is 12.1. The summed E-state index contributed by atoms with van der Waals surface area (Å²) in [5, 5.41) is 11.5. The van der Waals surface area contributed by atoms with E-state index in [1.165, 1.54) is 19.3 Å². The van der Waals surface area contributed by atoms with Gasteiger partial charge in [0.1, 0.15) is 0 Å². The Morgan fingerprint density at radius 3 is 2.86 bits per heavy atom. The van der Waals surface area contributed by atoms with Crippen molar-refractivity contribution in [2.45, 2.75) is 38.3 Å². The fourth-order valence-electron chi connectivity index (χ4n) is 2.52. The molecule has 112 valence electrons. The molecule has 0 saturated carbocycles. The highest BCUT2D eigenvalue weighted by Crippen LogP contribution is 2.17. The van der Waals surface area contributed by atoms with Crippen LogP contribution < -0.4 is 5.32 Å². The van der Waals surface area contributed by atoms with Crippen LogP contribution in [0.5, 0.6) is 0 Å². The first-order valence-corrected chi connectivity index (χ1v) is 7.62. The minimum atomic E-state index is 0.411. The summed E-state index contributed by atoms with van der Waals surface area (Å²) in [5.41, 5.74) is 0.951. The van der Waals surface area contributed by atoms with Gasteiger partial charge in [-0.3, -0.25) is 0 Å². The molecule has 1 N–H and O–H groups in total. The van der Waals surface area contributed by atoms with Crippen LogP contribution in [0.1, 0.15) is 31.6 Å². The third-order valence-electron chi connectivity index (χ3n) is 3.68. The Labute approximate surface area is 124 Å². The molecule has 5 nitrogen and oxygen atoms in total. The third kappa shape index (κ3) is 4.12. The summed E-state index contributed by atoms with van der Waals surface area (Å²) in [4.78, 5) is 0. The molecule has 0 radical (unpaired) electrons. The molecule has 3 rings (SSSR count). The zero-order valence-corrected chi connectivity index (χ0v) is 12.1. The standard InChI is InChI=1S/C16H21N3O2/c1-2-6-13(7-3-1)16-19-18-15(21-16)12-17-10-9-14-8-4-5-11-20-14/h1-3,6-7,14,17H,4-5,8-12H2. The Morgan fingerprint density at radius 1 is 1.14 bits per heavy atom. The van der Waals surface area contributed by atoms with E-state index in [1.54, 1.807) is 0 Å². The number of rotatable bonds is 6. The molecule has 21 heavy (non-hydrogen) atoms. The highest BCUT2D eigenvalue weighted by atomic mass is 16.5. The summed E-state index contributed by atoms with van der Waals surface area (Å²) in [6.45, 7) is 2.43. The lowest BCUT2D eigenvalue weighted by Gasteiger charge is -2.22. The van der Waals surface area contributed by atoms with Gasteiger partial charge < -0.3 is 14.5 Å². The predicted molar refractivity (Wildman–Crippen MR) is 79.6 cm³/mol. The SMILES string of the molecule is c1ccc(-c2nnc(CNCCC3CCCCO3)o2)cc1. The normalized spacial score (nSPS) is 18.8. The monoisotopic (exact) mass is 287 g/mol. The van der Waals surface area contributed by atoms with Crippen LogP contribution in [0.2, 0.25) is 0 Å². The van der Waals surface area contributed by atoms with Crippen molar-refractivity contribution < 1.29 is 9.15 Å². The van der Waals surface area contributed by atoms with E-state index >= 15 is 0 Å². The van der Waals surface area contributed by atoms with Crippen LogP contribution in [0.25, 0.3) is 11.5 Å². The maximum absolute atomic E-state index is 5.70. The average Bonchev–Trinajstić information content (AvgIpc) is 3.02. The smallest absolute Gasteiger partial charge is 0.247 e. The average molecular weight is 287 g/mol. The van der Waals surface area contributed by atoms with Gasteiger partial charge in [0.25, 0.3) is 0 Å². The van der Waals surface area contributed by atoms with Crippen molar-refractivity contribution in [3.05, 3.63) is 36.2 Å². The van der Waals surface area contributed by atoms with Crippen molar-refractivity contribution >= 4 is 0 Å². The molecule has 1 saturated heterocycles. The number of hydrogen-bond acceptors (Lipinski definition) is 5. The van der Waals surface area contributed by atoms with Crippen molar-refractivity contribution in [1.82, 2.24) is 15.5 Å². The highest BCUT2D eigenvalue weighted by Gasteiger charge is 2.13. The molecular weight excluding hydrogens is 266 g/mol. The molecule has 1 unspecified atom stereocenters. The van der Waals surface area contributed by atoms with E-state index in [9.17, 15) is 0 Å². The van der Waals surface area contributed by atoms with Gasteiger partial charge in [0.15, 0.2) is 0 Å². The molecular formula is C16H21N3O2. The summed E-state index contributed by atoms with van der Waals surface area (Å²) >= 11 is 0. The zero-order chi connectivity index (χ0) is 14.3. The molecule has 0 amide bonds. The quantitative estimate of drug-likeness (QED) is 0.828. The van der Waals surface area contributed by atoms with Crippen molar-refractivity contribution in [3.8, 4) is 11.5 Å². The van der Waals surface area contributed by atoms with Crippen LogP contribution in [0.3, 0.4) is 0 Å². The summed E-state index contributed by atoms with van der Waals surface area (Å²) in [6, 6.07) is 9.81. The van der Waals surface area contributed by atoms with Gasteiger partial charge in [-0.2, -0.15) is 0 Å². The second kappa shape index (κ2) is 7.33. The first kappa shape index (κ1) is 14.2. The summed E-state index contributed by atoms with van der Waals surface area (Å²) in [5.74, 6) is 1.20. The fourth-order valence-corrected chi connectivity index (χ4v) is 2.52. The number of nitrogens with zero attached hydrogens (tertiary/aromatic N) is 2. The Morgan fingerprint density at radius 2 is 2.05 bits per heavy atom. The van der Waals surface area contributed by atoms with Gasteiger partial charge in [-0.15, -0.1) is 10.2 Å². The third-order valence-corrected chi connectivity index (χ3v) is 3.68. The van der Waals surface area contributed by atoms with E-state index in [4.69, 9.17) is 9.15 Å². The number of nitrogens with one attached hydrogen (secondary N) is 1. The van der Waals surface area contributed by atoms with E-state index in [2.05, 4.69) is 15.5 Å². The molecule has 1 aromatic carbocycles. The first-order valence-electron chi connectivity index (χ1n) is 7.62. The van der Waals surface area contributed by atoms with Crippen molar-refractivity contribution in [2.24, 2.45) is 0 Å². The minimum Gasteiger partial charge on any atom is -0.419 e. The van der Waals surface area contributed by atoms with Crippen molar-refractivity contribution in [2.75, 3.05) is 13.2 Å². The Balaban J connectivity index is 1.42. The summed E-state index contributed by atoms with van der Waals surface area (Å²) in [7, 11) is 0. The molecule has 2 heterocycles. The Hall–Kier alpha value is -1.72. The number of aromatic nitrogens is 2. The maximum atomic E-state index is 5.70. The van der Waals surface area contributed by atoms with Crippen molar-refractivity contribution in [3.63, 3.8) is 0 Å². The number of benzene rings is 1. The van der Waals surface area contributed by atoms with Gasteiger partial charge in [-0.05, 0) is 44.4 Å². The molecule has 0 bridgehead atoms. The highest BCUT2D eigenvalue weighted by molar-refractivity contribution is 5.51. The molecule has 0 spiro atoms. The Bertz CT molecular complexity index is 535. The van der Waals surface area contributed by atoms with Gasteiger partial charge in [0.2, 0.25) is 11.8 Å². The van der Waals surface area contributed by atoms with Gasteiger partial charge >= 0.3 is 0 Å². The van der Waals surface area contributed by atoms with E-state index in [1.807, 2.05) is 30.3 Å². The molecule has 5 heteroatoms. The lowest BCUT2D eigenvalue weighted by Crippen LogP contribution is -2.25. The van der Waals surface area contributed by atoms with Crippen molar-refractivity contribution in [1.29, 1.82) is 0 Å². The van der Waals surface area contributed by atoms with E-state index < -0.39 is 0 Å². The number of ether oxygens (including phenoxy) is 1. The van der Waals surface area contributed by atoms with E-state index in [0.717, 1.165) is 25.1 Å². The minimum absolute atomic E-state index is 0.411. The second-order valence-electron chi connectivity index (χ2n) is 5.32. The summed E-state index contributed by atoms with van der Waals surface area (Å²) < 4.78 is 11.3. The molecule has 0 aliphatic carbocycles. The van der Waals surface area contributed by atoms with E-state index in [-0.39, 0.29) is 0 Å². The molecule has 1 aromatic heterocycles. The van der Waals surface area contributed by atoms with Gasteiger partial charge in [-0.1, -0.05) is 18.2 Å². The molecule has 1 aliphatic heterocycles. The van der Waals surface area contributed by atoms with Gasteiger partial charge in [0.05, 0.1) is 12.6 Å². The fraction of sp³-hybridized carbons (Fsp3) is 0.500. The molecule has 1 aliphatic rings. The summed E-state index contributed by atoms with van der Waals surface area (Å²) in [6.07, 6.45) is 5.12. The molecule has 1 atom stereocenters. The lowest BCUT2D eigenvalue weighted by atomic mass is 10.1. The lowest BCUT2D eigenvalue weighted by molar-refractivity contribution is 0.0114. The molecule has 1 fully saturated rings. The largest absolute Gasteiger partial charge is 0.419 e. The second-order valence-corrected chi connectivity index (χ2v) is 5.32. The van der Waals surface area contributed by atoms with Crippen LogP contribution in [-0.2, 0) is 11.3 Å². The predicted octanol–water partition coefficient (Wildman–Crippen LogP) is 2.79. The van der Waals surface area contributed by atoms with Crippen LogP contribution in [0.4, 0.5) is 0 Å². The van der Waals surface area contributed by atoms with Crippen LogP contribution in [0.15, 0.2) is 34.7 Å². The first-order chi connectivity index (χ1) is 10.4. The topological polar surface area (TPSA) is 60.2 Å².